The smallest absolute Gasteiger partial charge is 0.286 e. The van der Waals surface area contributed by atoms with E-state index in [4.69, 9.17) is 40.6 Å². The Morgan fingerprint density at radius 3 is 0.972 bits per heavy atom. The van der Waals surface area contributed by atoms with Gasteiger partial charge in [-0.1, -0.05) is 72.8 Å². The number of hydrogen-bond acceptors (Lipinski definition) is 7. The molecule has 1 saturated heterocycles. The molecule has 0 aliphatic carbocycles. The number of halogens is 2. The van der Waals surface area contributed by atoms with E-state index in [9.17, 15) is 0 Å². The average Bonchev–Trinajstić information content (AvgIpc) is 2.85. The summed E-state index contributed by atoms with van der Waals surface area (Å²) in [5.74, 6) is 2.19. The van der Waals surface area contributed by atoms with Gasteiger partial charge in [0.15, 0.2) is 45.5 Å². The Morgan fingerprint density at radius 1 is 0.389 bits per heavy atom. The van der Waals surface area contributed by atoms with Crippen LogP contribution in [0.4, 0.5) is 0 Å². The first-order valence-electron chi connectivity index (χ1n) is 10.9. The quantitative estimate of drug-likeness (QED) is 0.180. The molecule has 1 aliphatic rings. The van der Waals surface area contributed by atoms with Crippen LogP contribution in [0.25, 0.3) is 0 Å². The molecule has 2 unspecified atom stereocenters. The van der Waals surface area contributed by atoms with Gasteiger partial charge in [0.25, 0.3) is 0 Å². The van der Waals surface area contributed by atoms with Crippen molar-refractivity contribution in [3.8, 4) is 23.0 Å². The van der Waals surface area contributed by atoms with E-state index >= 15 is 0 Å². The van der Waals surface area contributed by atoms with Crippen LogP contribution < -0.4 is 32.7 Å². The van der Waals surface area contributed by atoms with E-state index in [1.807, 2.05) is 97.1 Å². The Morgan fingerprint density at radius 2 is 0.667 bits per heavy atom. The largest absolute Gasteiger partial charge is 0.597 e. The van der Waals surface area contributed by atoms with Gasteiger partial charge in [0.1, 0.15) is 0 Å². The lowest BCUT2D eigenvalue weighted by Gasteiger charge is -2.31. The molecule has 4 aromatic carbocycles. The summed E-state index contributed by atoms with van der Waals surface area (Å²) in [7, 11) is -9.80. The molecule has 4 aromatic rings. The van der Waals surface area contributed by atoms with Gasteiger partial charge in [-0.3, -0.25) is 18.1 Å². The van der Waals surface area contributed by atoms with Gasteiger partial charge in [-0.2, -0.15) is 0 Å². The zero-order valence-corrected chi connectivity index (χ0v) is 23.0. The summed E-state index contributed by atoms with van der Waals surface area (Å²) in [6.45, 7) is 0. The Kier molecular flexibility index (Phi) is 7.83. The van der Waals surface area contributed by atoms with E-state index in [1.165, 1.54) is 0 Å². The van der Waals surface area contributed by atoms with Crippen LogP contribution in [0, 0.1) is 0 Å². The molecule has 184 valence electrons. The third-order valence-electron chi connectivity index (χ3n) is 4.68. The second-order valence-corrected chi connectivity index (χ2v) is 16.8. The first-order chi connectivity index (χ1) is 17.4. The second-order valence-electron chi connectivity index (χ2n) is 7.53. The maximum absolute atomic E-state index is 7.13. The first kappa shape index (κ1) is 25.5. The van der Waals surface area contributed by atoms with Gasteiger partial charge < -0.3 is 0 Å². The third kappa shape index (κ3) is 6.58. The van der Waals surface area contributed by atoms with Gasteiger partial charge in [-0.05, 0) is 48.5 Å². The molecule has 1 fully saturated rings. The topological polar surface area (TPSA) is 73.0 Å². The molecule has 0 spiro atoms. The van der Waals surface area contributed by atoms with E-state index in [0.29, 0.717) is 23.0 Å². The molecule has 5 rings (SSSR count). The van der Waals surface area contributed by atoms with Crippen molar-refractivity contribution >= 4 is 44.8 Å². The molecule has 0 radical (unpaired) electrons. The average molecular weight is 581 g/mol. The van der Waals surface area contributed by atoms with Crippen molar-refractivity contribution in [3.63, 3.8) is 0 Å². The molecule has 7 nitrogen and oxygen atoms in total. The van der Waals surface area contributed by atoms with E-state index in [0.717, 1.165) is 0 Å². The molecule has 0 saturated carbocycles. The second kappa shape index (κ2) is 11.1. The molecule has 0 aromatic heterocycles. The summed E-state index contributed by atoms with van der Waals surface area (Å²) in [4.78, 5) is 9.77. The summed E-state index contributed by atoms with van der Waals surface area (Å²) < 4.78 is 25.4. The van der Waals surface area contributed by atoms with Crippen molar-refractivity contribution in [2.75, 3.05) is 0 Å². The Hall–Kier alpha value is -2.17. The molecule has 3 N–H and O–H groups in total. The fourth-order valence-electron chi connectivity index (χ4n) is 3.27. The van der Waals surface area contributed by atoms with Gasteiger partial charge in [0.05, 0.1) is 14.6 Å². The van der Waals surface area contributed by atoms with Crippen LogP contribution in [0.1, 0.15) is 0 Å². The first-order valence-corrected chi connectivity index (χ1v) is 17.7. The van der Waals surface area contributed by atoms with Crippen molar-refractivity contribution < 1.29 is 18.1 Å². The molecule has 0 bridgehead atoms. The van der Waals surface area contributed by atoms with Crippen LogP contribution in [-0.4, -0.2) is 0 Å². The molecule has 36 heavy (non-hydrogen) atoms. The van der Waals surface area contributed by atoms with Crippen molar-refractivity contribution in [1.29, 1.82) is 0 Å². The highest BCUT2D eigenvalue weighted by atomic mass is 35.7. The highest BCUT2D eigenvalue weighted by Gasteiger charge is 2.80. The van der Waals surface area contributed by atoms with Gasteiger partial charge in [-0.25, -0.2) is 0 Å². The minimum atomic E-state index is -3.33. The summed E-state index contributed by atoms with van der Waals surface area (Å²) in [6.07, 6.45) is 0. The maximum atomic E-state index is 7.13. The standard InChI is InChI=1S/C24H23Cl2N3O4P3/c25-34(30-21-13-5-1-6-14-21)27-35(26,31-22-15-7-2-8-16-22)29-36(28-34,32-23-17-9-3-10-18-23)33-24-19-11-4-12-20-24/h1-20,27-29H/q+3. The Labute approximate surface area is 221 Å². The minimum absolute atomic E-state index is 0.545. The zero-order valence-electron chi connectivity index (χ0n) is 18.8. The monoisotopic (exact) mass is 580 g/mol. The lowest BCUT2D eigenvalue weighted by atomic mass is 10.3. The van der Waals surface area contributed by atoms with Crippen molar-refractivity contribution in [3.05, 3.63) is 121 Å². The molecular formula is C24H23Cl2N3O4P3+3. The van der Waals surface area contributed by atoms with Crippen LogP contribution in [0.2, 0.25) is 0 Å². The van der Waals surface area contributed by atoms with Crippen LogP contribution in [0.3, 0.4) is 0 Å². The SMILES string of the molecule is Cl[P+]1(Oc2ccccc2)N[P+](Cl)(Oc2ccccc2)N[P+](Oc2ccccc2)(Oc2ccccc2)N1. The van der Waals surface area contributed by atoms with Gasteiger partial charge in [-0.15, -0.1) is 0 Å². The summed E-state index contributed by atoms with van der Waals surface area (Å²) in [5.41, 5.74) is 0. The summed E-state index contributed by atoms with van der Waals surface area (Å²) in [6, 6.07) is 36.9. The lowest BCUT2D eigenvalue weighted by Crippen LogP contribution is -2.46. The van der Waals surface area contributed by atoms with Crippen LogP contribution in [-0.2, 0) is 0 Å². The number of nitrogens with one attached hydrogen (secondary N) is 3. The van der Waals surface area contributed by atoms with Gasteiger partial charge in [0.2, 0.25) is 0 Å². The molecule has 1 aliphatic heterocycles. The van der Waals surface area contributed by atoms with E-state index in [2.05, 4.69) is 14.6 Å². The normalized spacial score (nSPS) is 22.8. The van der Waals surface area contributed by atoms with E-state index in [1.54, 1.807) is 24.3 Å². The van der Waals surface area contributed by atoms with Crippen LogP contribution >= 0.6 is 44.8 Å². The molecule has 2 atom stereocenters. The predicted octanol–water partition coefficient (Wildman–Crippen LogP) is 8.60. The van der Waals surface area contributed by atoms with E-state index < -0.39 is 22.3 Å². The number of hydrogen-bond donors (Lipinski definition) is 3. The van der Waals surface area contributed by atoms with Crippen LogP contribution in [0.15, 0.2) is 121 Å². The third-order valence-corrected chi connectivity index (χ3v) is 15.9. The van der Waals surface area contributed by atoms with Crippen molar-refractivity contribution in [2.24, 2.45) is 0 Å². The van der Waals surface area contributed by atoms with Gasteiger partial charge in [0, 0.05) is 0 Å². The van der Waals surface area contributed by atoms with E-state index in [-0.39, 0.29) is 0 Å². The van der Waals surface area contributed by atoms with Gasteiger partial charge >= 0.3 is 22.3 Å². The number of rotatable bonds is 8. The Bertz CT molecular complexity index is 1170. The maximum Gasteiger partial charge on any atom is 0.597 e. The molecule has 12 heteroatoms. The summed E-state index contributed by atoms with van der Waals surface area (Å²) in [5, 5.41) is 0. The summed E-state index contributed by atoms with van der Waals surface area (Å²) >= 11 is 14.3. The predicted molar refractivity (Wildman–Crippen MR) is 150 cm³/mol. The van der Waals surface area contributed by atoms with Crippen molar-refractivity contribution in [1.82, 2.24) is 14.6 Å². The Balaban J connectivity index is 1.56. The van der Waals surface area contributed by atoms with Crippen LogP contribution in [0.5, 0.6) is 23.0 Å². The minimum Gasteiger partial charge on any atom is -0.286 e. The molecule has 0 amide bonds. The number of benzene rings is 4. The number of para-hydroxylation sites is 4. The highest BCUT2D eigenvalue weighted by molar-refractivity contribution is 8.12. The van der Waals surface area contributed by atoms with Crippen molar-refractivity contribution in [2.45, 2.75) is 0 Å². The zero-order chi connectivity index (χ0) is 24.9. The molecular weight excluding hydrogens is 558 g/mol. The fraction of sp³-hybridized carbons (Fsp3) is 0. The highest BCUT2D eigenvalue weighted by Crippen LogP contribution is 2.83. The molecule has 1 heterocycles. The fourth-order valence-corrected chi connectivity index (χ4v) is 16.6. The lowest BCUT2D eigenvalue weighted by molar-refractivity contribution is 0.441.